The number of piperidine rings is 1. The van der Waals surface area contributed by atoms with Crippen molar-refractivity contribution in [1.29, 1.82) is 0 Å². The van der Waals surface area contributed by atoms with Gasteiger partial charge in [-0.25, -0.2) is 4.98 Å². The first-order valence-corrected chi connectivity index (χ1v) is 7.06. The number of benzene rings is 1. The lowest BCUT2D eigenvalue weighted by atomic mass is 9.76. The number of aromatic nitrogens is 2. The first kappa shape index (κ1) is 12.9. The standard InChI is InChI=1S/C16H20N4/c1-16(13-6-3-2-4-7-13)9-5-11-20(12-16)14-8-10-18-15(17)19-14/h2-4,6-8,10H,5,9,11-12H2,1H3,(H2,17,18,19)/t16-/m1/s1. The minimum atomic E-state index is 0.166. The fraction of sp³-hybridized carbons (Fsp3) is 0.375. The first-order chi connectivity index (χ1) is 9.67. The summed E-state index contributed by atoms with van der Waals surface area (Å²) in [6.45, 7) is 4.32. The Kier molecular flexibility index (Phi) is 3.30. The molecule has 2 N–H and O–H groups in total. The van der Waals surface area contributed by atoms with Gasteiger partial charge in [-0.2, -0.15) is 4.98 Å². The zero-order chi connectivity index (χ0) is 14.0. The minimum Gasteiger partial charge on any atom is -0.368 e. The molecule has 2 aromatic rings. The van der Waals surface area contributed by atoms with Gasteiger partial charge in [-0.15, -0.1) is 0 Å². The molecule has 20 heavy (non-hydrogen) atoms. The molecular formula is C16H20N4. The van der Waals surface area contributed by atoms with Gasteiger partial charge in [-0.1, -0.05) is 37.3 Å². The Labute approximate surface area is 119 Å². The molecule has 3 rings (SSSR count). The Balaban J connectivity index is 1.87. The van der Waals surface area contributed by atoms with Crippen LogP contribution in [0.15, 0.2) is 42.6 Å². The molecule has 0 radical (unpaired) electrons. The van der Waals surface area contributed by atoms with Crippen LogP contribution in [0.1, 0.15) is 25.3 Å². The highest BCUT2D eigenvalue weighted by Gasteiger charge is 2.33. The van der Waals surface area contributed by atoms with Gasteiger partial charge in [0.2, 0.25) is 5.95 Å². The molecule has 0 amide bonds. The van der Waals surface area contributed by atoms with Crippen molar-refractivity contribution in [3.05, 3.63) is 48.2 Å². The second kappa shape index (κ2) is 5.12. The van der Waals surface area contributed by atoms with Gasteiger partial charge in [0.15, 0.2) is 0 Å². The van der Waals surface area contributed by atoms with E-state index in [-0.39, 0.29) is 5.41 Å². The van der Waals surface area contributed by atoms with Crippen molar-refractivity contribution in [2.45, 2.75) is 25.2 Å². The van der Waals surface area contributed by atoms with Crippen LogP contribution in [0.2, 0.25) is 0 Å². The molecule has 0 saturated carbocycles. The average Bonchev–Trinajstić information content (AvgIpc) is 2.48. The molecule has 1 atom stereocenters. The zero-order valence-electron chi connectivity index (χ0n) is 11.8. The smallest absolute Gasteiger partial charge is 0.221 e. The lowest BCUT2D eigenvalue weighted by molar-refractivity contribution is 0.372. The highest BCUT2D eigenvalue weighted by atomic mass is 15.2. The fourth-order valence-corrected chi connectivity index (χ4v) is 3.05. The second-order valence-electron chi connectivity index (χ2n) is 5.72. The molecule has 4 nitrogen and oxygen atoms in total. The van der Waals surface area contributed by atoms with Crippen molar-refractivity contribution < 1.29 is 0 Å². The topological polar surface area (TPSA) is 55.0 Å². The molecule has 1 aliphatic heterocycles. The molecule has 0 bridgehead atoms. The van der Waals surface area contributed by atoms with Crippen LogP contribution in [0.3, 0.4) is 0 Å². The van der Waals surface area contributed by atoms with Gasteiger partial charge in [0.05, 0.1) is 0 Å². The summed E-state index contributed by atoms with van der Waals surface area (Å²) < 4.78 is 0. The molecule has 4 heteroatoms. The van der Waals surface area contributed by atoms with Crippen LogP contribution in [0.25, 0.3) is 0 Å². The summed E-state index contributed by atoms with van der Waals surface area (Å²) in [5.74, 6) is 1.27. The van der Waals surface area contributed by atoms with Gasteiger partial charge in [0.1, 0.15) is 5.82 Å². The summed E-state index contributed by atoms with van der Waals surface area (Å²) in [6.07, 6.45) is 4.09. The number of rotatable bonds is 2. The predicted molar refractivity (Wildman–Crippen MR) is 81.7 cm³/mol. The Morgan fingerprint density at radius 3 is 2.75 bits per heavy atom. The maximum Gasteiger partial charge on any atom is 0.221 e. The van der Waals surface area contributed by atoms with Gasteiger partial charge < -0.3 is 10.6 Å². The van der Waals surface area contributed by atoms with Gasteiger partial charge in [0, 0.05) is 24.7 Å². The van der Waals surface area contributed by atoms with Crippen LogP contribution in [-0.4, -0.2) is 23.1 Å². The quantitative estimate of drug-likeness (QED) is 0.909. The highest BCUT2D eigenvalue weighted by molar-refractivity contribution is 5.43. The zero-order valence-corrected chi connectivity index (χ0v) is 11.8. The maximum absolute atomic E-state index is 5.70. The second-order valence-corrected chi connectivity index (χ2v) is 5.72. The molecular weight excluding hydrogens is 248 g/mol. The van der Waals surface area contributed by atoms with Crippen molar-refractivity contribution in [1.82, 2.24) is 9.97 Å². The Morgan fingerprint density at radius 1 is 1.20 bits per heavy atom. The van der Waals surface area contributed by atoms with Crippen molar-refractivity contribution >= 4 is 11.8 Å². The summed E-state index contributed by atoms with van der Waals surface area (Å²) in [5.41, 5.74) is 7.26. The van der Waals surface area contributed by atoms with E-state index in [4.69, 9.17) is 5.73 Å². The van der Waals surface area contributed by atoms with Crippen LogP contribution in [0.5, 0.6) is 0 Å². The minimum absolute atomic E-state index is 0.166. The van der Waals surface area contributed by atoms with E-state index in [1.807, 2.05) is 6.07 Å². The van der Waals surface area contributed by atoms with Crippen LogP contribution in [0, 0.1) is 0 Å². The largest absolute Gasteiger partial charge is 0.368 e. The van der Waals surface area contributed by atoms with E-state index in [1.54, 1.807) is 6.20 Å². The number of anilines is 2. The lowest BCUT2D eigenvalue weighted by Crippen LogP contribution is -2.44. The molecule has 1 fully saturated rings. The molecule has 0 spiro atoms. The molecule has 2 heterocycles. The predicted octanol–water partition coefficient (Wildman–Crippen LogP) is 2.62. The monoisotopic (exact) mass is 268 g/mol. The van der Waals surface area contributed by atoms with Crippen LogP contribution in [-0.2, 0) is 5.41 Å². The first-order valence-electron chi connectivity index (χ1n) is 7.06. The number of nitrogen functional groups attached to an aromatic ring is 1. The van der Waals surface area contributed by atoms with Gasteiger partial charge in [-0.05, 0) is 24.5 Å². The van der Waals surface area contributed by atoms with Crippen LogP contribution in [0.4, 0.5) is 11.8 Å². The van der Waals surface area contributed by atoms with Crippen LogP contribution >= 0.6 is 0 Å². The SMILES string of the molecule is C[C@@]1(c2ccccc2)CCCN(c2ccnc(N)n2)C1. The van der Waals surface area contributed by atoms with Gasteiger partial charge in [-0.3, -0.25) is 0 Å². The van der Waals surface area contributed by atoms with Gasteiger partial charge in [0.25, 0.3) is 0 Å². The van der Waals surface area contributed by atoms with Crippen LogP contribution < -0.4 is 10.6 Å². The molecule has 1 aromatic carbocycles. The van der Waals surface area contributed by atoms with E-state index in [9.17, 15) is 0 Å². The third-order valence-corrected chi connectivity index (χ3v) is 4.15. The number of nitrogens with two attached hydrogens (primary N) is 1. The highest BCUT2D eigenvalue weighted by Crippen LogP contribution is 2.34. The van der Waals surface area contributed by atoms with E-state index in [1.165, 1.54) is 12.0 Å². The number of hydrogen-bond acceptors (Lipinski definition) is 4. The lowest BCUT2D eigenvalue weighted by Gasteiger charge is -2.41. The van der Waals surface area contributed by atoms with E-state index in [0.29, 0.717) is 5.95 Å². The third kappa shape index (κ3) is 2.46. The summed E-state index contributed by atoms with van der Waals surface area (Å²) in [4.78, 5) is 10.6. The summed E-state index contributed by atoms with van der Waals surface area (Å²) >= 11 is 0. The maximum atomic E-state index is 5.70. The normalized spacial score (nSPS) is 22.8. The van der Waals surface area contributed by atoms with E-state index < -0.39 is 0 Å². The molecule has 0 unspecified atom stereocenters. The Bertz CT molecular complexity index is 584. The molecule has 1 aromatic heterocycles. The number of hydrogen-bond donors (Lipinski definition) is 1. The fourth-order valence-electron chi connectivity index (χ4n) is 3.05. The summed E-state index contributed by atoms with van der Waals surface area (Å²) in [7, 11) is 0. The van der Waals surface area contributed by atoms with Crippen molar-refractivity contribution in [2.24, 2.45) is 0 Å². The van der Waals surface area contributed by atoms with Crippen molar-refractivity contribution in [2.75, 3.05) is 23.7 Å². The Morgan fingerprint density at radius 2 is 2.00 bits per heavy atom. The molecule has 0 aliphatic carbocycles. The van der Waals surface area contributed by atoms with E-state index in [0.717, 1.165) is 25.3 Å². The number of nitrogens with zero attached hydrogens (tertiary/aromatic N) is 3. The summed E-state index contributed by atoms with van der Waals surface area (Å²) in [6, 6.07) is 12.7. The average molecular weight is 268 g/mol. The Hall–Kier alpha value is -2.10. The van der Waals surface area contributed by atoms with E-state index >= 15 is 0 Å². The van der Waals surface area contributed by atoms with E-state index in [2.05, 4.69) is 52.1 Å². The molecule has 1 aliphatic rings. The van der Waals surface area contributed by atoms with Crippen molar-refractivity contribution in [3.63, 3.8) is 0 Å². The molecule has 1 saturated heterocycles. The van der Waals surface area contributed by atoms with Gasteiger partial charge >= 0.3 is 0 Å². The molecule has 104 valence electrons. The summed E-state index contributed by atoms with van der Waals surface area (Å²) in [5, 5.41) is 0. The third-order valence-electron chi connectivity index (χ3n) is 4.15. The van der Waals surface area contributed by atoms with Crippen molar-refractivity contribution in [3.8, 4) is 0 Å².